The van der Waals surface area contributed by atoms with E-state index < -0.39 is 5.97 Å². The molecule has 0 unspecified atom stereocenters. The van der Waals surface area contributed by atoms with Crippen LogP contribution in [0.1, 0.15) is 39.8 Å². The summed E-state index contributed by atoms with van der Waals surface area (Å²) in [6.45, 7) is 5.04. The molecule has 4 rings (SSSR count). The van der Waals surface area contributed by atoms with Gasteiger partial charge in [0, 0.05) is 25.1 Å². The summed E-state index contributed by atoms with van der Waals surface area (Å²) < 4.78 is 7.05. The third-order valence-corrected chi connectivity index (χ3v) is 5.36. The Morgan fingerprint density at radius 3 is 2.50 bits per heavy atom. The maximum atomic E-state index is 12.9. The molecule has 6 heteroatoms. The van der Waals surface area contributed by atoms with E-state index in [-0.39, 0.29) is 12.5 Å². The van der Waals surface area contributed by atoms with E-state index in [4.69, 9.17) is 4.74 Å². The number of carbonyl (C=O) groups excluding carboxylic acids is 2. The molecular formula is C24H25N3O3. The molecule has 0 saturated carbocycles. The Balaban J connectivity index is 1.65. The van der Waals surface area contributed by atoms with Crippen LogP contribution in [0.15, 0.2) is 54.6 Å². The van der Waals surface area contributed by atoms with Gasteiger partial charge in [0.05, 0.1) is 24.4 Å². The maximum absolute atomic E-state index is 12.9. The highest BCUT2D eigenvalue weighted by molar-refractivity contribution is 5.90. The molecule has 0 bridgehead atoms. The molecule has 2 heterocycles. The summed E-state index contributed by atoms with van der Waals surface area (Å²) in [5.41, 5.74) is 5.07. The van der Waals surface area contributed by atoms with Crippen LogP contribution in [0, 0.1) is 6.92 Å². The van der Waals surface area contributed by atoms with E-state index >= 15 is 0 Å². The Morgan fingerprint density at radius 2 is 1.80 bits per heavy atom. The van der Waals surface area contributed by atoms with Crippen molar-refractivity contribution in [3.63, 3.8) is 0 Å². The van der Waals surface area contributed by atoms with E-state index in [0.717, 1.165) is 28.1 Å². The number of nitrogens with zero attached hydrogens (tertiary/aromatic N) is 3. The highest BCUT2D eigenvalue weighted by Crippen LogP contribution is 2.26. The number of benzene rings is 2. The van der Waals surface area contributed by atoms with E-state index in [1.54, 1.807) is 11.8 Å². The number of aromatic nitrogens is 2. The topological polar surface area (TPSA) is 64.4 Å². The zero-order chi connectivity index (χ0) is 21.1. The zero-order valence-corrected chi connectivity index (χ0v) is 17.3. The lowest BCUT2D eigenvalue weighted by Crippen LogP contribution is -2.37. The highest BCUT2D eigenvalue weighted by Gasteiger charge is 2.31. The van der Waals surface area contributed by atoms with Gasteiger partial charge >= 0.3 is 5.97 Å². The van der Waals surface area contributed by atoms with Gasteiger partial charge in [0.15, 0.2) is 5.69 Å². The second-order valence-corrected chi connectivity index (χ2v) is 7.47. The minimum absolute atomic E-state index is 0.0461. The Kier molecular flexibility index (Phi) is 5.65. The lowest BCUT2D eigenvalue weighted by molar-refractivity contribution is -0.131. The van der Waals surface area contributed by atoms with Gasteiger partial charge in [-0.1, -0.05) is 48.0 Å². The molecule has 3 aromatic rings. The third-order valence-electron chi connectivity index (χ3n) is 5.36. The van der Waals surface area contributed by atoms with Gasteiger partial charge in [-0.2, -0.15) is 5.10 Å². The highest BCUT2D eigenvalue weighted by atomic mass is 16.5. The Labute approximate surface area is 176 Å². The summed E-state index contributed by atoms with van der Waals surface area (Å²) in [5.74, 6) is -0.401. The largest absolute Gasteiger partial charge is 0.461 e. The molecule has 0 fully saturated rings. The van der Waals surface area contributed by atoms with Crippen LogP contribution in [0.2, 0.25) is 0 Å². The predicted octanol–water partition coefficient (Wildman–Crippen LogP) is 3.48. The smallest absolute Gasteiger partial charge is 0.359 e. The molecule has 2 aromatic carbocycles. The molecule has 154 valence electrons. The SMILES string of the molecule is CCOC(=O)c1nn(-c2ccc(C)cc2)c2c1CN(C(=O)Cc1ccccc1)CC2. The summed E-state index contributed by atoms with van der Waals surface area (Å²) >= 11 is 0. The van der Waals surface area contributed by atoms with Crippen molar-refractivity contribution in [3.8, 4) is 5.69 Å². The van der Waals surface area contributed by atoms with Crippen molar-refractivity contribution in [2.75, 3.05) is 13.2 Å². The van der Waals surface area contributed by atoms with E-state index in [0.29, 0.717) is 31.6 Å². The second kappa shape index (κ2) is 8.53. The lowest BCUT2D eigenvalue weighted by atomic mass is 10.0. The molecule has 1 aromatic heterocycles. The maximum Gasteiger partial charge on any atom is 0.359 e. The van der Waals surface area contributed by atoms with Crippen LogP contribution in [0.3, 0.4) is 0 Å². The number of carbonyl (C=O) groups is 2. The van der Waals surface area contributed by atoms with Gasteiger partial charge in [-0.15, -0.1) is 0 Å². The molecule has 0 aliphatic carbocycles. The first-order valence-electron chi connectivity index (χ1n) is 10.2. The molecule has 0 radical (unpaired) electrons. The summed E-state index contributed by atoms with van der Waals surface area (Å²) in [4.78, 5) is 27.3. The van der Waals surface area contributed by atoms with Crippen molar-refractivity contribution in [2.24, 2.45) is 0 Å². The Hall–Kier alpha value is -3.41. The van der Waals surface area contributed by atoms with Gasteiger partial charge < -0.3 is 9.64 Å². The van der Waals surface area contributed by atoms with Gasteiger partial charge in [0.25, 0.3) is 0 Å². The molecule has 0 atom stereocenters. The van der Waals surface area contributed by atoms with Crippen molar-refractivity contribution in [3.05, 3.63) is 82.7 Å². The van der Waals surface area contributed by atoms with Crippen molar-refractivity contribution in [1.82, 2.24) is 14.7 Å². The molecule has 0 spiro atoms. The lowest BCUT2D eigenvalue weighted by Gasteiger charge is -2.28. The zero-order valence-electron chi connectivity index (χ0n) is 17.3. The van der Waals surface area contributed by atoms with Gasteiger partial charge in [-0.05, 0) is 31.5 Å². The fraction of sp³-hybridized carbons (Fsp3) is 0.292. The van der Waals surface area contributed by atoms with E-state index in [1.165, 1.54) is 0 Å². The molecule has 1 aliphatic rings. The van der Waals surface area contributed by atoms with Gasteiger partial charge in [-0.3, -0.25) is 4.79 Å². The van der Waals surface area contributed by atoms with Crippen LogP contribution < -0.4 is 0 Å². The molecule has 1 aliphatic heterocycles. The molecule has 0 N–H and O–H groups in total. The van der Waals surface area contributed by atoms with Gasteiger partial charge in [-0.25, -0.2) is 9.48 Å². The molecular weight excluding hydrogens is 378 g/mol. The second-order valence-electron chi connectivity index (χ2n) is 7.47. The quantitative estimate of drug-likeness (QED) is 0.612. The van der Waals surface area contributed by atoms with Crippen LogP contribution in [-0.4, -0.2) is 39.7 Å². The van der Waals surface area contributed by atoms with Crippen LogP contribution in [0.5, 0.6) is 0 Å². The minimum Gasteiger partial charge on any atom is -0.461 e. The van der Waals surface area contributed by atoms with Crippen LogP contribution in [0.25, 0.3) is 5.69 Å². The number of aryl methyl sites for hydroxylation is 1. The number of amides is 1. The standard InChI is InChI=1S/C24H25N3O3/c1-3-30-24(29)23-20-16-26(22(28)15-18-7-5-4-6-8-18)14-13-21(20)27(25-23)19-11-9-17(2)10-12-19/h4-12H,3,13-16H2,1-2H3. The number of esters is 1. The fourth-order valence-corrected chi connectivity index (χ4v) is 3.78. The van der Waals surface area contributed by atoms with Gasteiger partial charge in [0.1, 0.15) is 0 Å². The number of ether oxygens (including phenoxy) is 1. The fourth-order valence-electron chi connectivity index (χ4n) is 3.78. The summed E-state index contributed by atoms with van der Waals surface area (Å²) in [6, 6.07) is 17.7. The molecule has 6 nitrogen and oxygen atoms in total. The first-order valence-corrected chi connectivity index (χ1v) is 10.2. The Morgan fingerprint density at radius 1 is 1.07 bits per heavy atom. The monoisotopic (exact) mass is 403 g/mol. The van der Waals surface area contributed by atoms with Crippen LogP contribution in [-0.2, 0) is 28.9 Å². The van der Waals surface area contributed by atoms with Crippen molar-refractivity contribution in [2.45, 2.75) is 33.2 Å². The summed E-state index contributed by atoms with van der Waals surface area (Å²) in [7, 11) is 0. The summed E-state index contributed by atoms with van der Waals surface area (Å²) in [5, 5.41) is 4.59. The average Bonchev–Trinajstić information content (AvgIpc) is 3.14. The normalized spacial score (nSPS) is 13.1. The minimum atomic E-state index is -0.447. The van der Waals surface area contributed by atoms with Crippen molar-refractivity contribution in [1.29, 1.82) is 0 Å². The molecule has 30 heavy (non-hydrogen) atoms. The van der Waals surface area contributed by atoms with E-state index in [1.807, 2.05) is 66.2 Å². The number of rotatable bonds is 5. The van der Waals surface area contributed by atoms with Crippen molar-refractivity contribution < 1.29 is 14.3 Å². The van der Waals surface area contributed by atoms with Crippen LogP contribution >= 0.6 is 0 Å². The first kappa shape index (κ1) is 19.9. The number of hydrogen-bond acceptors (Lipinski definition) is 4. The van der Waals surface area contributed by atoms with Gasteiger partial charge in [0.2, 0.25) is 5.91 Å². The van der Waals surface area contributed by atoms with Crippen molar-refractivity contribution >= 4 is 11.9 Å². The summed E-state index contributed by atoms with van der Waals surface area (Å²) in [6.07, 6.45) is 0.979. The van der Waals surface area contributed by atoms with E-state index in [2.05, 4.69) is 5.10 Å². The Bertz CT molecular complexity index is 1060. The van der Waals surface area contributed by atoms with E-state index in [9.17, 15) is 9.59 Å². The predicted molar refractivity (Wildman–Crippen MR) is 114 cm³/mol. The number of fused-ring (bicyclic) bond motifs is 1. The average molecular weight is 403 g/mol. The third kappa shape index (κ3) is 3.99. The first-order chi connectivity index (χ1) is 14.6. The number of hydrogen-bond donors (Lipinski definition) is 0. The molecule has 0 saturated heterocycles. The van der Waals surface area contributed by atoms with Crippen LogP contribution in [0.4, 0.5) is 0 Å². The molecule has 1 amide bonds.